The second kappa shape index (κ2) is 4.35. The Morgan fingerprint density at radius 1 is 1.20 bits per heavy atom. The summed E-state index contributed by atoms with van der Waals surface area (Å²) in [5.74, 6) is 0. The Labute approximate surface area is 68.7 Å². The van der Waals surface area contributed by atoms with Gasteiger partial charge in [-0.1, -0.05) is 31.2 Å². The van der Waals surface area contributed by atoms with Gasteiger partial charge >= 0.3 is 0 Å². The summed E-state index contributed by atoms with van der Waals surface area (Å²) >= 11 is 0. The van der Waals surface area contributed by atoms with Crippen molar-refractivity contribution in [3.8, 4) is 0 Å². The Morgan fingerprint density at radius 3 is 2.20 bits per heavy atom. The van der Waals surface area contributed by atoms with Crippen LogP contribution in [0.1, 0.15) is 18.1 Å². The third-order valence-corrected chi connectivity index (χ3v) is 1.64. The monoisotopic (exact) mass is 156 g/mol. The molecule has 0 unspecified atom stereocenters. The van der Waals surface area contributed by atoms with E-state index in [-0.39, 0.29) is 12.4 Å². The van der Waals surface area contributed by atoms with Gasteiger partial charge in [-0.15, -0.1) is 12.4 Å². The van der Waals surface area contributed by atoms with Gasteiger partial charge in [-0.2, -0.15) is 0 Å². The highest BCUT2D eigenvalue weighted by Crippen LogP contribution is 2.06. The predicted molar refractivity (Wildman–Crippen MR) is 47.8 cm³/mol. The van der Waals surface area contributed by atoms with E-state index in [9.17, 15) is 0 Å². The standard InChI is InChI=1S/C9H12.ClH/c1-3-9-7-5-4-6-8(9)2;/h4-7H,3H2,1-2H3;1H. The van der Waals surface area contributed by atoms with Crippen LogP contribution in [0.5, 0.6) is 0 Å². The molecule has 0 N–H and O–H groups in total. The molecule has 0 aliphatic carbocycles. The highest BCUT2D eigenvalue weighted by atomic mass is 35.5. The number of aryl methyl sites for hydroxylation is 2. The van der Waals surface area contributed by atoms with Crippen LogP contribution < -0.4 is 0 Å². The van der Waals surface area contributed by atoms with E-state index in [0.29, 0.717) is 0 Å². The van der Waals surface area contributed by atoms with Crippen LogP contribution >= 0.6 is 12.4 Å². The topological polar surface area (TPSA) is 0 Å². The quantitative estimate of drug-likeness (QED) is 0.587. The summed E-state index contributed by atoms with van der Waals surface area (Å²) in [6.45, 7) is 4.33. The molecule has 0 fully saturated rings. The number of halogens is 1. The summed E-state index contributed by atoms with van der Waals surface area (Å²) in [6.07, 6.45) is 1.15. The normalized spacial score (nSPS) is 8.60. The van der Waals surface area contributed by atoms with E-state index in [1.165, 1.54) is 11.1 Å². The number of hydrogen-bond acceptors (Lipinski definition) is 0. The van der Waals surface area contributed by atoms with Gasteiger partial charge in [0.2, 0.25) is 0 Å². The van der Waals surface area contributed by atoms with Crippen molar-refractivity contribution in [3.63, 3.8) is 0 Å². The van der Waals surface area contributed by atoms with E-state index in [2.05, 4.69) is 38.1 Å². The van der Waals surface area contributed by atoms with Crippen molar-refractivity contribution in [1.29, 1.82) is 0 Å². The molecular weight excluding hydrogens is 144 g/mol. The summed E-state index contributed by atoms with van der Waals surface area (Å²) < 4.78 is 0. The van der Waals surface area contributed by atoms with Crippen molar-refractivity contribution in [1.82, 2.24) is 0 Å². The van der Waals surface area contributed by atoms with Gasteiger partial charge in [0.1, 0.15) is 0 Å². The zero-order chi connectivity index (χ0) is 6.69. The maximum absolute atomic E-state index is 2.18. The molecule has 0 saturated heterocycles. The first-order valence-corrected chi connectivity index (χ1v) is 3.39. The number of benzene rings is 1. The van der Waals surface area contributed by atoms with E-state index in [1.807, 2.05) is 0 Å². The molecule has 1 aromatic carbocycles. The Hall–Kier alpha value is -0.490. The summed E-state index contributed by atoms with van der Waals surface area (Å²) in [5, 5.41) is 0. The first kappa shape index (κ1) is 9.51. The van der Waals surface area contributed by atoms with E-state index >= 15 is 0 Å². The van der Waals surface area contributed by atoms with Crippen molar-refractivity contribution in [2.45, 2.75) is 20.3 Å². The SMILES string of the molecule is CCc1ccccc1C.Cl. The molecule has 0 bridgehead atoms. The fraction of sp³-hybridized carbons (Fsp3) is 0.333. The van der Waals surface area contributed by atoms with Crippen LogP contribution in [0.25, 0.3) is 0 Å². The third kappa shape index (κ3) is 2.03. The van der Waals surface area contributed by atoms with Gasteiger partial charge in [0.25, 0.3) is 0 Å². The van der Waals surface area contributed by atoms with Gasteiger partial charge < -0.3 is 0 Å². The lowest BCUT2D eigenvalue weighted by Crippen LogP contribution is -1.82. The number of hydrogen-bond donors (Lipinski definition) is 0. The molecule has 0 spiro atoms. The minimum absolute atomic E-state index is 0. The van der Waals surface area contributed by atoms with Gasteiger partial charge in [-0.05, 0) is 24.5 Å². The van der Waals surface area contributed by atoms with E-state index in [4.69, 9.17) is 0 Å². The highest BCUT2D eigenvalue weighted by Gasteiger charge is 1.89. The van der Waals surface area contributed by atoms with Crippen molar-refractivity contribution in [3.05, 3.63) is 35.4 Å². The first-order chi connectivity index (χ1) is 4.34. The van der Waals surface area contributed by atoms with Crippen LogP contribution in [-0.2, 0) is 6.42 Å². The first-order valence-electron chi connectivity index (χ1n) is 3.39. The second-order valence-corrected chi connectivity index (χ2v) is 2.28. The van der Waals surface area contributed by atoms with Crippen LogP contribution in [0.4, 0.5) is 0 Å². The van der Waals surface area contributed by atoms with Crippen LogP contribution in [0, 0.1) is 6.92 Å². The van der Waals surface area contributed by atoms with Crippen molar-refractivity contribution >= 4 is 12.4 Å². The van der Waals surface area contributed by atoms with Crippen LogP contribution in [-0.4, -0.2) is 0 Å². The Morgan fingerprint density at radius 2 is 1.80 bits per heavy atom. The van der Waals surface area contributed by atoms with Crippen molar-refractivity contribution < 1.29 is 0 Å². The average Bonchev–Trinajstić information content (AvgIpc) is 1.89. The molecule has 0 aromatic heterocycles. The van der Waals surface area contributed by atoms with Crippen LogP contribution in [0.15, 0.2) is 24.3 Å². The van der Waals surface area contributed by atoms with Crippen LogP contribution in [0.2, 0.25) is 0 Å². The lowest BCUT2D eigenvalue weighted by atomic mass is 10.1. The zero-order valence-electron chi connectivity index (χ0n) is 6.42. The smallest absolute Gasteiger partial charge is 0.0305 e. The molecule has 0 amide bonds. The molecule has 0 heterocycles. The van der Waals surface area contributed by atoms with Crippen LogP contribution in [0.3, 0.4) is 0 Å². The number of rotatable bonds is 1. The van der Waals surface area contributed by atoms with Gasteiger partial charge in [-0.3, -0.25) is 0 Å². The molecular formula is C9H13Cl. The third-order valence-electron chi connectivity index (χ3n) is 1.64. The van der Waals surface area contributed by atoms with Crippen molar-refractivity contribution in [2.75, 3.05) is 0 Å². The lowest BCUT2D eigenvalue weighted by Gasteiger charge is -1.98. The molecule has 1 heteroatoms. The Bertz CT molecular complexity index is 194. The van der Waals surface area contributed by atoms with E-state index in [0.717, 1.165) is 6.42 Å². The molecule has 1 rings (SSSR count). The lowest BCUT2D eigenvalue weighted by molar-refractivity contribution is 1.11. The van der Waals surface area contributed by atoms with Crippen molar-refractivity contribution in [2.24, 2.45) is 0 Å². The van der Waals surface area contributed by atoms with E-state index < -0.39 is 0 Å². The molecule has 0 aliphatic heterocycles. The van der Waals surface area contributed by atoms with Gasteiger partial charge in [0, 0.05) is 0 Å². The molecule has 0 atom stereocenters. The van der Waals surface area contributed by atoms with Gasteiger partial charge in [-0.25, -0.2) is 0 Å². The summed E-state index contributed by atoms with van der Waals surface area (Å²) in [6, 6.07) is 8.49. The minimum atomic E-state index is 0. The largest absolute Gasteiger partial charge is 0.147 e. The minimum Gasteiger partial charge on any atom is -0.147 e. The molecule has 0 saturated carbocycles. The predicted octanol–water partition coefficient (Wildman–Crippen LogP) is 2.98. The maximum atomic E-state index is 2.18. The van der Waals surface area contributed by atoms with Gasteiger partial charge in [0.05, 0.1) is 0 Å². The van der Waals surface area contributed by atoms with Gasteiger partial charge in [0.15, 0.2) is 0 Å². The molecule has 1 aromatic rings. The zero-order valence-corrected chi connectivity index (χ0v) is 7.24. The summed E-state index contributed by atoms with van der Waals surface area (Å²) in [7, 11) is 0. The van der Waals surface area contributed by atoms with E-state index in [1.54, 1.807) is 0 Å². The summed E-state index contributed by atoms with van der Waals surface area (Å²) in [4.78, 5) is 0. The maximum Gasteiger partial charge on any atom is -0.0305 e. The highest BCUT2D eigenvalue weighted by molar-refractivity contribution is 5.85. The fourth-order valence-electron chi connectivity index (χ4n) is 1.01. The molecule has 10 heavy (non-hydrogen) atoms. The molecule has 56 valence electrons. The molecule has 0 aliphatic rings. The molecule has 0 nitrogen and oxygen atoms in total. The summed E-state index contributed by atoms with van der Waals surface area (Å²) in [5.41, 5.74) is 2.86. The Balaban J connectivity index is 0.000000810. The second-order valence-electron chi connectivity index (χ2n) is 2.28. The average molecular weight is 157 g/mol. The molecule has 0 radical (unpaired) electrons. The Kier molecular flexibility index (Phi) is 4.13. The fourth-order valence-corrected chi connectivity index (χ4v) is 1.01.